The maximum absolute atomic E-state index is 12.6. The smallest absolute Gasteiger partial charge is 0.288 e. The highest BCUT2D eigenvalue weighted by atomic mass is 35.5. The van der Waals surface area contributed by atoms with Crippen LogP contribution in [0.15, 0.2) is 36.5 Å². The molecular weight excluding hydrogens is 289 g/mol. The number of hydrogen-bond donors (Lipinski definition) is 1. The number of amides is 1. The number of nitrogens with zero attached hydrogens (tertiary/aromatic N) is 2. The Morgan fingerprint density at radius 1 is 1.35 bits per heavy atom. The summed E-state index contributed by atoms with van der Waals surface area (Å²) in [4.78, 5) is 25.4. The quantitative estimate of drug-likeness (QED) is 0.536. The van der Waals surface area contributed by atoms with Gasteiger partial charge in [0.05, 0.1) is 22.4 Å². The van der Waals surface area contributed by atoms with E-state index in [1.165, 1.54) is 24.3 Å². The molecule has 20 heavy (non-hydrogen) atoms. The van der Waals surface area contributed by atoms with E-state index in [4.69, 9.17) is 11.6 Å². The molecule has 8 heteroatoms. The molecule has 0 atom stereocenters. The average molecular weight is 296 g/mol. The highest BCUT2D eigenvalue weighted by molar-refractivity contribution is 6.36. The molecule has 2 aromatic rings. The molecule has 0 fully saturated rings. The number of nitro groups is 1. The minimum absolute atomic E-state index is 0.0507. The van der Waals surface area contributed by atoms with Crippen molar-refractivity contribution in [3.63, 3.8) is 0 Å². The molecule has 1 aromatic carbocycles. The zero-order chi connectivity index (χ0) is 14.7. The molecular formula is C12H7ClFN3O3. The van der Waals surface area contributed by atoms with Gasteiger partial charge in [0.25, 0.3) is 11.6 Å². The van der Waals surface area contributed by atoms with Gasteiger partial charge in [0.1, 0.15) is 5.02 Å². The number of aromatic nitrogens is 1. The number of carbonyl (C=O) groups is 1. The molecule has 102 valence electrons. The van der Waals surface area contributed by atoms with Crippen molar-refractivity contribution < 1.29 is 14.1 Å². The van der Waals surface area contributed by atoms with Crippen LogP contribution in [0, 0.1) is 16.1 Å². The number of benzene rings is 1. The minimum atomic E-state index is -0.684. The van der Waals surface area contributed by atoms with Gasteiger partial charge in [-0.15, -0.1) is 0 Å². The van der Waals surface area contributed by atoms with Gasteiger partial charge in [0.15, 0.2) is 0 Å². The van der Waals surface area contributed by atoms with Crippen LogP contribution in [0.5, 0.6) is 0 Å². The van der Waals surface area contributed by atoms with Crippen molar-refractivity contribution >= 4 is 28.9 Å². The van der Waals surface area contributed by atoms with Gasteiger partial charge in [0.2, 0.25) is 5.95 Å². The lowest BCUT2D eigenvalue weighted by Crippen LogP contribution is -2.13. The monoisotopic (exact) mass is 295 g/mol. The third-order valence-electron chi connectivity index (χ3n) is 2.40. The van der Waals surface area contributed by atoms with E-state index in [-0.39, 0.29) is 22.0 Å². The Morgan fingerprint density at radius 2 is 2.10 bits per heavy atom. The van der Waals surface area contributed by atoms with Crippen LogP contribution < -0.4 is 5.32 Å². The lowest BCUT2D eigenvalue weighted by molar-refractivity contribution is -0.384. The lowest BCUT2D eigenvalue weighted by Gasteiger charge is -2.06. The van der Waals surface area contributed by atoms with E-state index in [1.54, 1.807) is 0 Å². The van der Waals surface area contributed by atoms with E-state index >= 15 is 0 Å². The summed E-state index contributed by atoms with van der Waals surface area (Å²) in [6.45, 7) is 0. The van der Waals surface area contributed by atoms with Gasteiger partial charge in [-0.3, -0.25) is 14.9 Å². The molecule has 0 saturated heterocycles. The van der Waals surface area contributed by atoms with E-state index in [9.17, 15) is 19.3 Å². The molecule has 1 N–H and O–H groups in total. The number of nitro benzene ring substituents is 1. The fraction of sp³-hybridized carbons (Fsp3) is 0. The summed E-state index contributed by atoms with van der Waals surface area (Å²) in [5.41, 5.74) is -0.166. The molecule has 0 aliphatic heterocycles. The number of anilines is 1. The van der Waals surface area contributed by atoms with Crippen LogP contribution in [0.1, 0.15) is 10.4 Å². The zero-order valence-corrected chi connectivity index (χ0v) is 10.6. The topological polar surface area (TPSA) is 85.1 Å². The van der Waals surface area contributed by atoms with E-state index in [1.807, 2.05) is 0 Å². The number of carbonyl (C=O) groups excluding carboxylic acids is 1. The number of nitrogens with one attached hydrogen (secondary N) is 1. The van der Waals surface area contributed by atoms with E-state index < -0.39 is 16.8 Å². The summed E-state index contributed by atoms with van der Waals surface area (Å²) in [5, 5.41) is 12.9. The summed E-state index contributed by atoms with van der Waals surface area (Å²) >= 11 is 5.81. The van der Waals surface area contributed by atoms with Crippen LogP contribution in [0.3, 0.4) is 0 Å². The van der Waals surface area contributed by atoms with Crippen molar-refractivity contribution in [1.29, 1.82) is 0 Å². The molecule has 1 aromatic heterocycles. The number of hydrogen-bond acceptors (Lipinski definition) is 4. The molecule has 6 nitrogen and oxygen atoms in total. The number of rotatable bonds is 3. The second kappa shape index (κ2) is 5.62. The van der Waals surface area contributed by atoms with Gasteiger partial charge in [-0.2, -0.15) is 4.39 Å². The van der Waals surface area contributed by atoms with E-state index in [2.05, 4.69) is 10.3 Å². The van der Waals surface area contributed by atoms with Gasteiger partial charge in [-0.25, -0.2) is 4.98 Å². The molecule has 2 rings (SSSR count). The van der Waals surface area contributed by atoms with Crippen LogP contribution in [0.4, 0.5) is 15.8 Å². The first-order valence-corrected chi connectivity index (χ1v) is 5.72. The maximum atomic E-state index is 12.6. The summed E-state index contributed by atoms with van der Waals surface area (Å²) in [6, 6.07) is 6.28. The molecule has 0 saturated carbocycles. The Kier molecular flexibility index (Phi) is 3.90. The lowest BCUT2D eigenvalue weighted by atomic mass is 10.2. The fourth-order valence-corrected chi connectivity index (χ4v) is 1.77. The third-order valence-corrected chi connectivity index (χ3v) is 2.80. The summed E-state index contributed by atoms with van der Waals surface area (Å²) in [7, 11) is 0. The van der Waals surface area contributed by atoms with Crippen molar-refractivity contribution in [3.8, 4) is 0 Å². The minimum Gasteiger partial charge on any atom is -0.321 e. The van der Waals surface area contributed by atoms with Gasteiger partial charge in [-0.1, -0.05) is 17.7 Å². The van der Waals surface area contributed by atoms with Crippen LogP contribution in [-0.4, -0.2) is 15.8 Å². The van der Waals surface area contributed by atoms with Crippen molar-refractivity contribution in [2.75, 3.05) is 5.32 Å². The standard InChI is InChI=1S/C12H7ClFN3O3/c13-11-8(2-1-3-9(11)17(19)20)12(18)16-7-4-5-10(14)15-6-7/h1-6H,(H,16,18). The average Bonchev–Trinajstić information content (AvgIpc) is 2.41. The highest BCUT2D eigenvalue weighted by Crippen LogP contribution is 2.28. The Hall–Kier alpha value is -2.54. The largest absolute Gasteiger partial charge is 0.321 e. The van der Waals surface area contributed by atoms with Crippen LogP contribution in [0.25, 0.3) is 0 Å². The van der Waals surface area contributed by atoms with Crippen molar-refractivity contribution in [3.05, 3.63) is 63.2 Å². The summed E-state index contributed by atoms with van der Waals surface area (Å²) in [6.07, 6.45) is 1.12. The number of pyridine rings is 1. The van der Waals surface area contributed by atoms with E-state index in [0.717, 1.165) is 12.3 Å². The molecule has 0 spiro atoms. The first-order chi connectivity index (χ1) is 9.49. The van der Waals surface area contributed by atoms with Gasteiger partial charge in [0, 0.05) is 6.07 Å². The van der Waals surface area contributed by atoms with E-state index in [0.29, 0.717) is 0 Å². The van der Waals surface area contributed by atoms with Crippen LogP contribution >= 0.6 is 11.6 Å². The second-order valence-electron chi connectivity index (χ2n) is 3.72. The molecule has 1 heterocycles. The van der Waals surface area contributed by atoms with Crippen molar-refractivity contribution in [2.24, 2.45) is 0 Å². The molecule has 0 unspecified atom stereocenters. The van der Waals surface area contributed by atoms with Crippen molar-refractivity contribution in [1.82, 2.24) is 4.98 Å². The SMILES string of the molecule is O=C(Nc1ccc(F)nc1)c1cccc([N+](=O)[O-])c1Cl. The van der Waals surface area contributed by atoms with Crippen LogP contribution in [-0.2, 0) is 0 Å². The molecule has 0 aliphatic rings. The summed E-state index contributed by atoms with van der Waals surface area (Å²) in [5.74, 6) is -1.33. The Balaban J connectivity index is 2.28. The normalized spacial score (nSPS) is 10.1. The second-order valence-corrected chi connectivity index (χ2v) is 4.10. The number of halogens is 2. The van der Waals surface area contributed by atoms with Gasteiger partial charge in [-0.05, 0) is 18.2 Å². The zero-order valence-electron chi connectivity index (χ0n) is 9.84. The molecule has 0 aliphatic carbocycles. The van der Waals surface area contributed by atoms with Crippen LogP contribution in [0.2, 0.25) is 5.02 Å². The van der Waals surface area contributed by atoms with Gasteiger partial charge < -0.3 is 5.32 Å². The van der Waals surface area contributed by atoms with Crippen molar-refractivity contribution in [2.45, 2.75) is 0 Å². The third kappa shape index (κ3) is 2.89. The fourth-order valence-electron chi connectivity index (χ4n) is 1.48. The Labute approximate surface area is 117 Å². The van der Waals surface area contributed by atoms with Gasteiger partial charge >= 0.3 is 0 Å². The molecule has 1 amide bonds. The summed E-state index contributed by atoms with van der Waals surface area (Å²) < 4.78 is 12.6. The Morgan fingerprint density at radius 3 is 2.70 bits per heavy atom. The Bertz CT molecular complexity index is 676. The predicted octanol–water partition coefficient (Wildman–Crippen LogP) is 3.03. The first kappa shape index (κ1) is 13.9. The molecule has 0 bridgehead atoms. The maximum Gasteiger partial charge on any atom is 0.288 e. The predicted molar refractivity (Wildman–Crippen MR) is 70.3 cm³/mol. The first-order valence-electron chi connectivity index (χ1n) is 5.35. The molecule has 0 radical (unpaired) electrons. The highest BCUT2D eigenvalue weighted by Gasteiger charge is 2.19.